The lowest BCUT2D eigenvalue weighted by molar-refractivity contribution is -0.240. The van der Waals surface area contributed by atoms with E-state index in [1.165, 1.54) is 17.5 Å². The lowest BCUT2D eigenvalue weighted by atomic mass is 9.85. The zero-order valence-electron chi connectivity index (χ0n) is 18.6. The summed E-state index contributed by atoms with van der Waals surface area (Å²) in [5, 5.41) is 0. The second-order valence-electron chi connectivity index (χ2n) is 8.56. The zero-order valence-corrected chi connectivity index (χ0v) is 18.6. The number of esters is 1. The number of hydrogen-bond acceptors (Lipinski definition) is 2. The van der Waals surface area contributed by atoms with Crippen molar-refractivity contribution in [2.24, 2.45) is 5.41 Å². The summed E-state index contributed by atoms with van der Waals surface area (Å²) < 4.78 is 75.7. The molecular weight excluding hydrogens is 410 g/mol. The summed E-state index contributed by atoms with van der Waals surface area (Å²) in [5.74, 6) is -1.23. The molecule has 0 spiro atoms. The van der Waals surface area contributed by atoms with Gasteiger partial charge >= 0.3 is 18.3 Å². The van der Waals surface area contributed by atoms with Crippen LogP contribution in [0.15, 0.2) is 24.3 Å². The van der Waals surface area contributed by atoms with E-state index in [2.05, 4.69) is 63.6 Å². The van der Waals surface area contributed by atoms with E-state index in [0.29, 0.717) is 12.8 Å². The Hall–Kier alpha value is -1.73. The van der Waals surface area contributed by atoms with Crippen LogP contribution in [-0.4, -0.2) is 24.9 Å². The molecule has 1 aromatic carbocycles. The Morgan fingerprint density at radius 2 is 1.40 bits per heavy atom. The molecule has 0 aromatic heterocycles. The Kier molecular flexibility index (Phi) is 9.93. The van der Waals surface area contributed by atoms with E-state index in [1.54, 1.807) is 0 Å². The fraction of sp³-hybridized carbons (Fsp3) is 0.682. The van der Waals surface area contributed by atoms with Crippen LogP contribution in [0.2, 0.25) is 0 Å². The van der Waals surface area contributed by atoms with E-state index < -0.39 is 36.8 Å². The second kappa shape index (κ2) is 10.5. The van der Waals surface area contributed by atoms with Crippen LogP contribution in [-0.2, 0) is 14.9 Å². The number of alkyl halides is 6. The van der Waals surface area contributed by atoms with Crippen LogP contribution in [0.1, 0.15) is 78.4 Å². The first-order valence-corrected chi connectivity index (χ1v) is 9.80. The van der Waals surface area contributed by atoms with Crippen molar-refractivity contribution in [3.05, 3.63) is 35.4 Å². The normalized spacial score (nSPS) is 15.5. The van der Waals surface area contributed by atoms with Crippen LogP contribution < -0.4 is 0 Å². The maximum Gasteiger partial charge on any atom is 0.422 e. The molecule has 0 heterocycles. The van der Waals surface area contributed by atoms with Crippen molar-refractivity contribution in [1.29, 1.82) is 0 Å². The van der Waals surface area contributed by atoms with Crippen LogP contribution in [0.25, 0.3) is 0 Å². The minimum atomic E-state index is -4.94. The van der Waals surface area contributed by atoms with Crippen molar-refractivity contribution in [1.82, 2.24) is 0 Å². The topological polar surface area (TPSA) is 26.3 Å². The molecule has 0 radical (unpaired) electrons. The molecule has 2 nitrogen and oxygen atoms in total. The average molecular weight is 442 g/mol. The van der Waals surface area contributed by atoms with Gasteiger partial charge in [-0.05, 0) is 42.2 Å². The number of ether oxygens (including phenoxy) is 1. The molecule has 0 aliphatic rings. The van der Waals surface area contributed by atoms with E-state index in [-0.39, 0.29) is 5.41 Å². The van der Waals surface area contributed by atoms with Gasteiger partial charge in [-0.3, -0.25) is 4.79 Å². The highest BCUT2D eigenvalue weighted by Gasteiger charge is 2.57. The first-order valence-electron chi connectivity index (χ1n) is 9.80. The molecular formula is C22H32F6O2. The second-order valence-corrected chi connectivity index (χ2v) is 8.56. The Bertz CT molecular complexity index is 656. The zero-order chi connectivity index (χ0) is 24.0. The Morgan fingerprint density at radius 3 is 1.70 bits per heavy atom. The largest absolute Gasteiger partial charge is 0.455 e. The maximum atomic E-state index is 12.4. The highest BCUT2D eigenvalue weighted by atomic mass is 19.4. The Morgan fingerprint density at radius 1 is 0.933 bits per heavy atom. The Balaban J connectivity index is 0.000000564. The van der Waals surface area contributed by atoms with E-state index >= 15 is 0 Å². The van der Waals surface area contributed by atoms with Gasteiger partial charge in [0.2, 0.25) is 0 Å². The minimum absolute atomic E-state index is 0.272. The molecule has 30 heavy (non-hydrogen) atoms. The summed E-state index contributed by atoms with van der Waals surface area (Å²) >= 11 is 0. The number of carbonyl (C=O) groups excluding carboxylic acids is 1. The molecule has 0 bridgehead atoms. The SMILES string of the molecule is CCC(C)(C(=O)OCC(F)(F)F)C(F)(F)F.CCC(C)c1ccc(C(C)(C)C)cc1. The quantitative estimate of drug-likeness (QED) is 0.347. The smallest absolute Gasteiger partial charge is 0.422 e. The van der Waals surface area contributed by atoms with Gasteiger partial charge in [0.1, 0.15) is 0 Å². The molecule has 1 rings (SSSR count). The molecule has 0 aliphatic heterocycles. The summed E-state index contributed by atoms with van der Waals surface area (Å²) in [4.78, 5) is 10.9. The molecule has 0 saturated carbocycles. The third-order valence-electron chi connectivity index (χ3n) is 5.11. The fourth-order valence-electron chi connectivity index (χ4n) is 2.31. The van der Waals surface area contributed by atoms with Crippen LogP contribution in [0.5, 0.6) is 0 Å². The van der Waals surface area contributed by atoms with Gasteiger partial charge in [-0.2, -0.15) is 26.3 Å². The summed E-state index contributed by atoms with van der Waals surface area (Å²) in [6.45, 7) is 10.8. The third-order valence-corrected chi connectivity index (χ3v) is 5.11. The van der Waals surface area contributed by atoms with Crippen molar-refractivity contribution in [2.75, 3.05) is 6.61 Å². The predicted octanol–water partition coefficient (Wildman–Crippen LogP) is 7.57. The lowest BCUT2D eigenvalue weighted by Gasteiger charge is -2.28. The van der Waals surface area contributed by atoms with Crippen molar-refractivity contribution in [3.63, 3.8) is 0 Å². The molecule has 0 fully saturated rings. The molecule has 1 aromatic rings. The van der Waals surface area contributed by atoms with Gasteiger partial charge in [0.25, 0.3) is 0 Å². The van der Waals surface area contributed by atoms with Gasteiger partial charge in [-0.15, -0.1) is 0 Å². The molecule has 0 saturated heterocycles. The van der Waals surface area contributed by atoms with Crippen LogP contribution in [0, 0.1) is 5.41 Å². The van der Waals surface area contributed by atoms with Gasteiger partial charge in [-0.25, -0.2) is 0 Å². The standard InChI is InChI=1S/C14H22.C8H10F6O2/c1-6-11(2)12-7-9-13(10-8-12)14(3,4)5;1-3-6(2,8(12,13)14)5(15)16-4-7(9,10)11/h7-11H,6H2,1-5H3;3-4H2,1-2H3. The number of halogens is 6. The number of benzene rings is 1. The van der Waals surface area contributed by atoms with Gasteiger partial charge in [0.15, 0.2) is 12.0 Å². The first-order chi connectivity index (χ1) is 13.4. The van der Waals surface area contributed by atoms with E-state index in [4.69, 9.17) is 0 Å². The molecule has 0 N–H and O–H groups in total. The van der Waals surface area contributed by atoms with Gasteiger partial charge < -0.3 is 4.74 Å². The lowest BCUT2D eigenvalue weighted by Crippen LogP contribution is -2.44. The molecule has 8 heteroatoms. The molecule has 174 valence electrons. The third kappa shape index (κ3) is 8.56. The van der Waals surface area contributed by atoms with Crippen LogP contribution in [0.4, 0.5) is 26.3 Å². The van der Waals surface area contributed by atoms with Crippen molar-refractivity contribution < 1.29 is 35.9 Å². The number of rotatable bonds is 5. The highest BCUT2D eigenvalue weighted by Crippen LogP contribution is 2.42. The van der Waals surface area contributed by atoms with E-state index in [1.807, 2.05) is 0 Å². The molecule has 0 amide bonds. The minimum Gasteiger partial charge on any atom is -0.455 e. The summed E-state index contributed by atoms with van der Waals surface area (Å²) in [7, 11) is 0. The maximum absolute atomic E-state index is 12.4. The molecule has 2 atom stereocenters. The van der Waals surface area contributed by atoms with Crippen LogP contribution in [0.3, 0.4) is 0 Å². The van der Waals surface area contributed by atoms with E-state index in [9.17, 15) is 31.1 Å². The predicted molar refractivity (Wildman–Crippen MR) is 105 cm³/mol. The summed E-state index contributed by atoms with van der Waals surface area (Å²) in [5.41, 5.74) is 0.247. The van der Waals surface area contributed by atoms with Crippen molar-refractivity contribution >= 4 is 5.97 Å². The van der Waals surface area contributed by atoms with Gasteiger partial charge in [-0.1, -0.05) is 65.8 Å². The first kappa shape index (κ1) is 28.3. The van der Waals surface area contributed by atoms with Crippen LogP contribution >= 0.6 is 0 Å². The molecule has 0 aliphatic carbocycles. The monoisotopic (exact) mass is 442 g/mol. The average Bonchev–Trinajstić information content (AvgIpc) is 2.63. The summed E-state index contributed by atoms with van der Waals surface area (Å²) in [6, 6.07) is 9.08. The summed E-state index contributed by atoms with van der Waals surface area (Å²) in [6.07, 6.45) is -9.25. The number of hydrogen-bond donors (Lipinski definition) is 0. The fourth-order valence-corrected chi connectivity index (χ4v) is 2.31. The molecule has 2 unspecified atom stereocenters. The highest BCUT2D eigenvalue weighted by molar-refractivity contribution is 5.77. The Labute approximate surface area is 175 Å². The van der Waals surface area contributed by atoms with Gasteiger partial charge in [0.05, 0.1) is 0 Å². The van der Waals surface area contributed by atoms with Crippen molar-refractivity contribution in [2.45, 2.75) is 85.0 Å². The van der Waals surface area contributed by atoms with E-state index in [0.717, 1.165) is 6.92 Å². The van der Waals surface area contributed by atoms with Crippen molar-refractivity contribution in [3.8, 4) is 0 Å². The van der Waals surface area contributed by atoms with Gasteiger partial charge in [0, 0.05) is 0 Å². The number of carbonyl (C=O) groups is 1.